The molecule has 1 aromatic rings. The fourth-order valence-electron chi connectivity index (χ4n) is 3.72. The van der Waals surface area contributed by atoms with Crippen molar-refractivity contribution in [1.29, 1.82) is 5.41 Å². The number of aliphatic imine (C=N–C) groups is 1. The van der Waals surface area contributed by atoms with Gasteiger partial charge in [0, 0.05) is 26.2 Å². The minimum atomic E-state index is -1.13. The van der Waals surface area contributed by atoms with Crippen LogP contribution >= 0.6 is 0 Å². The number of hydrogen-bond donors (Lipinski definition) is 7. The third-order valence-electron chi connectivity index (χ3n) is 5.82. The summed E-state index contributed by atoms with van der Waals surface area (Å²) in [6.45, 7) is 2.20. The highest BCUT2D eigenvalue weighted by Crippen LogP contribution is 2.15. The van der Waals surface area contributed by atoms with Gasteiger partial charge in [-0.05, 0) is 37.3 Å². The van der Waals surface area contributed by atoms with Crippen LogP contribution in [0.3, 0.4) is 0 Å². The molecule has 38 heavy (non-hydrogen) atoms. The van der Waals surface area contributed by atoms with Crippen LogP contribution in [-0.2, 0) is 25.6 Å². The minimum Gasteiger partial charge on any atom is -0.384 e. The Morgan fingerprint density at radius 3 is 2.16 bits per heavy atom. The van der Waals surface area contributed by atoms with Crippen LogP contribution in [0.4, 0.5) is 0 Å². The van der Waals surface area contributed by atoms with Crippen molar-refractivity contribution in [3.8, 4) is 0 Å². The topological polar surface area (TPSA) is 236 Å². The lowest BCUT2D eigenvalue weighted by Gasteiger charge is -2.25. The van der Waals surface area contributed by atoms with Crippen molar-refractivity contribution in [3.05, 3.63) is 35.4 Å². The number of unbranched alkanes of at least 4 members (excludes halogenated alkanes) is 1. The maximum Gasteiger partial charge on any atom is 0.243 e. The number of benzene rings is 1. The summed E-state index contributed by atoms with van der Waals surface area (Å²) in [7, 11) is 3.07. The highest BCUT2D eigenvalue weighted by Gasteiger charge is 2.32. The Bertz CT molecular complexity index is 1020. The molecular weight excluding hydrogens is 490 g/mol. The first-order valence-corrected chi connectivity index (χ1v) is 12.5. The van der Waals surface area contributed by atoms with E-state index >= 15 is 0 Å². The van der Waals surface area contributed by atoms with Gasteiger partial charge in [-0.3, -0.25) is 29.6 Å². The van der Waals surface area contributed by atoms with Crippen molar-refractivity contribution in [3.63, 3.8) is 0 Å². The summed E-state index contributed by atoms with van der Waals surface area (Å²) in [6.07, 6.45) is 2.33. The average Bonchev–Trinajstić information content (AvgIpc) is 2.85. The standard InChI is InChI=1S/C25H41N9O4/c1-4-5-10-19(23(37)32-18(21(28)35)11-7-12-31-25(29)30)33-22(36)17(24(38)34(2)3)14-15-8-6-9-16(13-15)20(26)27/h6,8-9,13,17-19H,4-5,7,10-12,14H2,1-3H3,(H3,26,27)(H2,28,35)(H,32,37)(H,33,36)(H4,29,30,31)/t17?,18-,19?/m0/s1. The smallest absolute Gasteiger partial charge is 0.243 e. The third kappa shape index (κ3) is 10.8. The van der Waals surface area contributed by atoms with Crippen molar-refractivity contribution >= 4 is 35.4 Å². The van der Waals surface area contributed by atoms with Crippen LogP contribution in [-0.4, -0.2) is 73.0 Å². The maximum atomic E-state index is 13.3. The van der Waals surface area contributed by atoms with E-state index in [4.69, 9.17) is 28.3 Å². The van der Waals surface area contributed by atoms with E-state index in [1.54, 1.807) is 24.3 Å². The first-order chi connectivity index (χ1) is 17.9. The Balaban J connectivity index is 3.09. The number of primary amides is 1. The number of nitrogens with zero attached hydrogens (tertiary/aromatic N) is 2. The van der Waals surface area contributed by atoms with Gasteiger partial charge in [0.2, 0.25) is 23.6 Å². The molecule has 0 aliphatic carbocycles. The van der Waals surface area contributed by atoms with Gasteiger partial charge in [-0.2, -0.15) is 0 Å². The molecule has 0 saturated heterocycles. The molecule has 0 radical (unpaired) electrons. The summed E-state index contributed by atoms with van der Waals surface area (Å²) >= 11 is 0. The van der Waals surface area contributed by atoms with Gasteiger partial charge in [0.25, 0.3) is 0 Å². The average molecular weight is 532 g/mol. The molecule has 0 aromatic heterocycles. The SMILES string of the molecule is CCCCC(NC(=O)C(Cc1cccc(C(=N)N)c1)C(=O)N(C)C)C(=O)N[C@@H](CCCN=C(N)N)C(N)=O. The van der Waals surface area contributed by atoms with Gasteiger partial charge in [-0.15, -0.1) is 0 Å². The Morgan fingerprint density at radius 1 is 0.974 bits per heavy atom. The van der Waals surface area contributed by atoms with E-state index in [1.165, 1.54) is 19.0 Å². The van der Waals surface area contributed by atoms with Crippen molar-refractivity contribution in [1.82, 2.24) is 15.5 Å². The molecule has 0 fully saturated rings. The van der Waals surface area contributed by atoms with Crippen LogP contribution in [0.25, 0.3) is 0 Å². The molecule has 0 aliphatic heterocycles. The number of carbonyl (C=O) groups is 4. The number of amidine groups is 1. The second-order valence-corrected chi connectivity index (χ2v) is 9.22. The van der Waals surface area contributed by atoms with E-state index in [-0.39, 0.29) is 31.2 Å². The highest BCUT2D eigenvalue weighted by atomic mass is 16.2. The number of carbonyl (C=O) groups excluding carboxylic acids is 4. The van der Waals surface area contributed by atoms with Crippen LogP contribution in [0.15, 0.2) is 29.3 Å². The van der Waals surface area contributed by atoms with Gasteiger partial charge in [0.15, 0.2) is 5.96 Å². The van der Waals surface area contributed by atoms with Crippen molar-refractivity contribution in [2.24, 2.45) is 33.8 Å². The summed E-state index contributed by atoms with van der Waals surface area (Å²) in [5.41, 5.74) is 22.7. The lowest BCUT2D eigenvalue weighted by atomic mass is 9.95. The van der Waals surface area contributed by atoms with Crippen LogP contribution < -0.4 is 33.6 Å². The second-order valence-electron chi connectivity index (χ2n) is 9.22. The molecule has 13 nitrogen and oxygen atoms in total. The Morgan fingerprint density at radius 2 is 1.61 bits per heavy atom. The summed E-state index contributed by atoms with van der Waals surface area (Å²) in [4.78, 5) is 56.5. The van der Waals surface area contributed by atoms with Gasteiger partial charge >= 0.3 is 0 Å². The van der Waals surface area contributed by atoms with Gasteiger partial charge in [-0.25, -0.2) is 0 Å². The number of rotatable bonds is 16. The van der Waals surface area contributed by atoms with E-state index in [9.17, 15) is 19.2 Å². The molecule has 210 valence electrons. The third-order valence-corrected chi connectivity index (χ3v) is 5.82. The van der Waals surface area contributed by atoms with Crippen LogP contribution in [0.1, 0.15) is 50.2 Å². The summed E-state index contributed by atoms with van der Waals surface area (Å²) in [6, 6.07) is 4.76. The second kappa shape index (κ2) is 15.8. The van der Waals surface area contributed by atoms with Crippen molar-refractivity contribution in [2.45, 2.75) is 57.5 Å². The lowest BCUT2D eigenvalue weighted by Crippen LogP contribution is -2.54. The summed E-state index contributed by atoms with van der Waals surface area (Å²) in [5.74, 6) is -3.72. The number of hydrogen-bond acceptors (Lipinski definition) is 6. The molecule has 0 aliphatic rings. The molecule has 2 unspecified atom stereocenters. The molecule has 11 N–H and O–H groups in total. The Labute approximate surface area is 223 Å². The molecule has 13 heteroatoms. The fraction of sp³-hybridized carbons (Fsp3) is 0.520. The van der Waals surface area contributed by atoms with Gasteiger partial charge in [0.1, 0.15) is 23.8 Å². The largest absolute Gasteiger partial charge is 0.384 e. The molecule has 4 amide bonds. The predicted octanol–water partition coefficient (Wildman–Crippen LogP) is -1.08. The number of nitrogens with two attached hydrogens (primary N) is 4. The quantitative estimate of drug-likeness (QED) is 0.0602. The Hall–Kier alpha value is -4.16. The highest BCUT2D eigenvalue weighted by molar-refractivity contribution is 6.02. The fourth-order valence-corrected chi connectivity index (χ4v) is 3.72. The zero-order valence-electron chi connectivity index (χ0n) is 22.3. The molecule has 0 spiro atoms. The van der Waals surface area contributed by atoms with E-state index in [2.05, 4.69) is 15.6 Å². The van der Waals surface area contributed by atoms with E-state index in [1.807, 2.05) is 6.92 Å². The van der Waals surface area contributed by atoms with E-state index in [0.29, 0.717) is 30.4 Å². The van der Waals surface area contributed by atoms with Gasteiger partial charge < -0.3 is 38.5 Å². The first kappa shape index (κ1) is 31.9. The minimum absolute atomic E-state index is 0.0424. The number of guanidine groups is 1. The number of amides is 4. The molecule has 0 heterocycles. The number of nitrogen functional groups attached to an aromatic ring is 1. The first-order valence-electron chi connectivity index (χ1n) is 12.5. The van der Waals surface area contributed by atoms with Gasteiger partial charge in [-0.1, -0.05) is 38.0 Å². The zero-order chi connectivity index (χ0) is 28.8. The molecule has 0 saturated carbocycles. The molecule has 0 bridgehead atoms. The van der Waals surface area contributed by atoms with E-state index < -0.39 is 41.6 Å². The molecule has 1 rings (SSSR count). The molecule has 3 atom stereocenters. The van der Waals surface area contributed by atoms with Crippen LogP contribution in [0, 0.1) is 11.3 Å². The van der Waals surface area contributed by atoms with Crippen molar-refractivity contribution < 1.29 is 19.2 Å². The van der Waals surface area contributed by atoms with E-state index in [0.717, 1.165) is 6.42 Å². The Kier molecular flexibility index (Phi) is 13.3. The summed E-state index contributed by atoms with van der Waals surface area (Å²) < 4.78 is 0. The van der Waals surface area contributed by atoms with Gasteiger partial charge in [0.05, 0.1) is 0 Å². The predicted molar refractivity (Wildman–Crippen MR) is 146 cm³/mol. The summed E-state index contributed by atoms with van der Waals surface area (Å²) in [5, 5.41) is 12.9. The van der Waals surface area contributed by atoms with Crippen molar-refractivity contribution in [2.75, 3.05) is 20.6 Å². The molecular formula is C25H41N9O4. The maximum absolute atomic E-state index is 13.3. The van der Waals surface area contributed by atoms with Crippen LogP contribution in [0.2, 0.25) is 0 Å². The number of nitrogens with one attached hydrogen (secondary N) is 3. The lowest BCUT2D eigenvalue weighted by molar-refractivity contribution is -0.142. The molecule has 1 aromatic carbocycles. The normalized spacial score (nSPS) is 12.9. The zero-order valence-corrected chi connectivity index (χ0v) is 22.3. The monoisotopic (exact) mass is 531 g/mol. The van der Waals surface area contributed by atoms with Crippen LogP contribution in [0.5, 0.6) is 0 Å².